The Morgan fingerprint density at radius 3 is 2.07 bits per heavy atom. The molecule has 0 aromatic heterocycles. The van der Waals surface area contributed by atoms with Gasteiger partial charge in [0.25, 0.3) is 0 Å². The van der Waals surface area contributed by atoms with Crippen LogP contribution in [0.15, 0.2) is 0 Å². The molecular weight excluding hydrogens is 186 g/mol. The van der Waals surface area contributed by atoms with E-state index in [-0.39, 0.29) is 6.10 Å². The Labute approximate surface area is 94.6 Å². The summed E-state index contributed by atoms with van der Waals surface area (Å²) in [4.78, 5) is 0. The normalized spacial score (nSPS) is 30.2. The fraction of sp³-hybridized carbons (Fsp3) is 1.00. The van der Waals surface area contributed by atoms with Gasteiger partial charge in [-0.15, -0.1) is 0 Å². The van der Waals surface area contributed by atoms with Crippen molar-refractivity contribution in [3.05, 3.63) is 0 Å². The molecule has 1 aliphatic carbocycles. The van der Waals surface area contributed by atoms with E-state index >= 15 is 0 Å². The minimum Gasteiger partial charge on any atom is -0.380 e. The van der Waals surface area contributed by atoms with Gasteiger partial charge in [-0.25, -0.2) is 0 Å². The van der Waals surface area contributed by atoms with Crippen molar-refractivity contribution in [2.24, 2.45) is 23.0 Å². The summed E-state index contributed by atoms with van der Waals surface area (Å²) in [7, 11) is 1.79. The van der Waals surface area contributed by atoms with Crippen LogP contribution in [0.3, 0.4) is 0 Å². The molecular formula is C13H27NO. The van der Waals surface area contributed by atoms with E-state index in [4.69, 9.17) is 10.5 Å². The molecule has 2 heteroatoms. The van der Waals surface area contributed by atoms with E-state index in [9.17, 15) is 0 Å². The van der Waals surface area contributed by atoms with Gasteiger partial charge in [-0.2, -0.15) is 0 Å². The zero-order valence-electron chi connectivity index (χ0n) is 10.8. The maximum Gasteiger partial charge on any atom is 0.0721 e. The van der Waals surface area contributed by atoms with E-state index in [2.05, 4.69) is 20.8 Å². The summed E-state index contributed by atoms with van der Waals surface area (Å²) in [6.45, 7) is 7.74. The van der Waals surface area contributed by atoms with Gasteiger partial charge in [0.2, 0.25) is 0 Å². The predicted molar refractivity (Wildman–Crippen MR) is 64.8 cm³/mol. The van der Waals surface area contributed by atoms with Gasteiger partial charge in [0, 0.05) is 13.7 Å². The van der Waals surface area contributed by atoms with E-state index in [1.807, 2.05) is 0 Å². The first-order valence-electron chi connectivity index (χ1n) is 6.22. The Balaban J connectivity index is 2.42. The summed E-state index contributed by atoms with van der Waals surface area (Å²) in [5.41, 5.74) is 6.18. The third-order valence-corrected chi connectivity index (χ3v) is 4.06. The Bertz CT molecular complexity index is 173. The number of nitrogens with two attached hydrogens (primary N) is 1. The molecule has 1 aliphatic rings. The number of hydrogen-bond donors (Lipinski definition) is 1. The van der Waals surface area contributed by atoms with Crippen molar-refractivity contribution in [3.63, 3.8) is 0 Å². The molecule has 0 heterocycles. The molecule has 2 nitrogen and oxygen atoms in total. The molecule has 90 valence electrons. The molecule has 0 aliphatic heterocycles. The minimum absolute atomic E-state index is 0.283. The molecule has 1 unspecified atom stereocenters. The topological polar surface area (TPSA) is 35.2 Å². The number of rotatable bonds is 3. The fourth-order valence-corrected chi connectivity index (χ4v) is 2.84. The highest BCUT2D eigenvalue weighted by atomic mass is 16.5. The van der Waals surface area contributed by atoms with Gasteiger partial charge in [0.1, 0.15) is 0 Å². The van der Waals surface area contributed by atoms with Crippen molar-refractivity contribution in [2.75, 3.05) is 13.7 Å². The molecule has 0 radical (unpaired) electrons. The smallest absolute Gasteiger partial charge is 0.0721 e. The second-order valence-electron chi connectivity index (χ2n) is 5.99. The van der Waals surface area contributed by atoms with Crippen LogP contribution in [0.2, 0.25) is 0 Å². The van der Waals surface area contributed by atoms with Crippen molar-refractivity contribution in [3.8, 4) is 0 Å². The molecule has 1 fully saturated rings. The van der Waals surface area contributed by atoms with E-state index in [0.29, 0.717) is 17.9 Å². The first-order chi connectivity index (χ1) is 6.99. The molecule has 0 spiro atoms. The monoisotopic (exact) mass is 213 g/mol. The van der Waals surface area contributed by atoms with Crippen molar-refractivity contribution < 1.29 is 4.74 Å². The maximum atomic E-state index is 5.71. The summed E-state index contributed by atoms with van der Waals surface area (Å²) in [6, 6.07) is 0. The van der Waals surface area contributed by atoms with Gasteiger partial charge in [-0.1, -0.05) is 20.8 Å². The lowest BCUT2D eigenvalue weighted by atomic mass is 9.69. The van der Waals surface area contributed by atoms with Crippen molar-refractivity contribution >= 4 is 0 Å². The highest BCUT2D eigenvalue weighted by Gasteiger charge is 2.32. The van der Waals surface area contributed by atoms with E-state index in [1.165, 1.54) is 25.7 Å². The maximum absolute atomic E-state index is 5.71. The summed E-state index contributed by atoms with van der Waals surface area (Å²) >= 11 is 0. The molecule has 2 N–H and O–H groups in total. The highest BCUT2D eigenvalue weighted by molar-refractivity contribution is 4.83. The van der Waals surface area contributed by atoms with Crippen LogP contribution in [0, 0.1) is 17.3 Å². The van der Waals surface area contributed by atoms with Crippen LogP contribution >= 0.6 is 0 Å². The molecule has 0 bridgehead atoms. The van der Waals surface area contributed by atoms with Crippen LogP contribution in [0.5, 0.6) is 0 Å². The van der Waals surface area contributed by atoms with Crippen LogP contribution < -0.4 is 5.73 Å². The van der Waals surface area contributed by atoms with Crippen molar-refractivity contribution in [1.82, 2.24) is 0 Å². The van der Waals surface area contributed by atoms with E-state index in [0.717, 1.165) is 5.92 Å². The molecule has 0 aromatic carbocycles. The third kappa shape index (κ3) is 3.46. The standard InChI is InChI=1S/C13H27NO/c1-13(2,3)11-7-5-10(6-8-11)12(9-14)15-4/h10-12H,5-9,14H2,1-4H3. The average molecular weight is 213 g/mol. The van der Waals surface area contributed by atoms with Crippen LogP contribution in [0.25, 0.3) is 0 Å². The zero-order chi connectivity index (χ0) is 11.5. The second-order valence-corrected chi connectivity index (χ2v) is 5.99. The molecule has 1 atom stereocenters. The first-order valence-corrected chi connectivity index (χ1v) is 6.22. The Morgan fingerprint density at radius 2 is 1.73 bits per heavy atom. The summed E-state index contributed by atoms with van der Waals surface area (Å²) in [6.07, 6.45) is 5.54. The van der Waals surface area contributed by atoms with Crippen molar-refractivity contribution in [2.45, 2.75) is 52.6 Å². The minimum atomic E-state index is 0.283. The SMILES string of the molecule is COC(CN)C1CCC(C(C)(C)C)CC1. The highest BCUT2D eigenvalue weighted by Crippen LogP contribution is 2.40. The lowest BCUT2D eigenvalue weighted by Gasteiger charge is -2.38. The molecule has 0 saturated heterocycles. The van der Waals surface area contributed by atoms with Crippen molar-refractivity contribution in [1.29, 1.82) is 0 Å². The quantitative estimate of drug-likeness (QED) is 0.782. The summed E-state index contributed by atoms with van der Waals surface area (Å²) < 4.78 is 5.43. The Hall–Kier alpha value is -0.0800. The largest absolute Gasteiger partial charge is 0.380 e. The molecule has 1 rings (SSSR count). The van der Waals surface area contributed by atoms with Crippen LogP contribution in [-0.2, 0) is 4.74 Å². The first kappa shape index (κ1) is 13.0. The average Bonchev–Trinajstić information content (AvgIpc) is 2.19. The second kappa shape index (κ2) is 5.31. The lowest BCUT2D eigenvalue weighted by molar-refractivity contribution is 0.0241. The predicted octanol–water partition coefficient (Wildman–Crippen LogP) is 2.81. The molecule has 1 saturated carbocycles. The zero-order valence-corrected chi connectivity index (χ0v) is 10.8. The van der Waals surface area contributed by atoms with Crippen LogP contribution in [-0.4, -0.2) is 19.8 Å². The number of methoxy groups -OCH3 is 1. The van der Waals surface area contributed by atoms with E-state index < -0.39 is 0 Å². The Morgan fingerprint density at radius 1 is 1.20 bits per heavy atom. The summed E-state index contributed by atoms with van der Waals surface area (Å²) in [5, 5.41) is 0. The molecule has 0 amide bonds. The number of ether oxygens (including phenoxy) is 1. The van der Waals surface area contributed by atoms with E-state index in [1.54, 1.807) is 7.11 Å². The van der Waals surface area contributed by atoms with Gasteiger partial charge in [0.05, 0.1) is 6.10 Å². The van der Waals surface area contributed by atoms with Crippen LogP contribution in [0.1, 0.15) is 46.5 Å². The number of hydrogen-bond acceptors (Lipinski definition) is 2. The summed E-state index contributed by atoms with van der Waals surface area (Å²) in [5.74, 6) is 1.57. The fourth-order valence-electron chi connectivity index (χ4n) is 2.84. The van der Waals surface area contributed by atoms with Crippen LogP contribution in [0.4, 0.5) is 0 Å². The van der Waals surface area contributed by atoms with Gasteiger partial charge < -0.3 is 10.5 Å². The van der Waals surface area contributed by atoms with Gasteiger partial charge in [-0.3, -0.25) is 0 Å². The lowest BCUT2D eigenvalue weighted by Crippen LogP contribution is -2.35. The Kier molecular flexibility index (Phi) is 4.60. The van der Waals surface area contributed by atoms with Gasteiger partial charge in [-0.05, 0) is 42.9 Å². The third-order valence-electron chi connectivity index (χ3n) is 4.06. The molecule has 15 heavy (non-hydrogen) atoms. The molecule has 0 aromatic rings. The van der Waals surface area contributed by atoms with Gasteiger partial charge in [0.15, 0.2) is 0 Å². The van der Waals surface area contributed by atoms with Gasteiger partial charge >= 0.3 is 0 Å².